The largest absolute Gasteiger partial charge is 0.400 e. The van der Waals surface area contributed by atoms with Crippen molar-refractivity contribution in [3.63, 3.8) is 0 Å². The molecule has 6 aromatic rings. The molecule has 0 aliphatic rings. The van der Waals surface area contributed by atoms with E-state index in [2.05, 4.69) is 115 Å². The van der Waals surface area contributed by atoms with Crippen molar-refractivity contribution < 1.29 is 5.11 Å². The molecule has 0 radical (unpaired) electrons. The summed E-state index contributed by atoms with van der Waals surface area (Å²) >= 11 is 0. The summed E-state index contributed by atoms with van der Waals surface area (Å²) in [5, 5.41) is 14.3. The van der Waals surface area contributed by atoms with Gasteiger partial charge in [0.25, 0.3) is 0 Å². The quantitative estimate of drug-likeness (QED) is 0.210. The van der Waals surface area contributed by atoms with E-state index >= 15 is 0 Å². The Balaban J connectivity index is 0.00000151. The lowest BCUT2D eigenvalue weighted by Gasteiger charge is -2.16. The van der Waals surface area contributed by atoms with Gasteiger partial charge in [0.2, 0.25) is 0 Å². The van der Waals surface area contributed by atoms with E-state index < -0.39 is 0 Å². The molecular weight excluding hydrogens is 478 g/mol. The van der Waals surface area contributed by atoms with Crippen LogP contribution in [-0.4, -0.2) is 28.3 Å². The summed E-state index contributed by atoms with van der Waals surface area (Å²) in [6.45, 7) is 9.47. The first-order chi connectivity index (χ1) is 19.2. The van der Waals surface area contributed by atoms with Crippen molar-refractivity contribution in [1.82, 2.24) is 9.55 Å². The summed E-state index contributed by atoms with van der Waals surface area (Å²) in [5.74, 6) is 0. The number of allylic oxidation sites excluding steroid dienone is 1. The van der Waals surface area contributed by atoms with Gasteiger partial charge < -0.3 is 15.0 Å². The topological polar surface area (TPSA) is 50.1 Å². The van der Waals surface area contributed by atoms with Crippen LogP contribution in [0.25, 0.3) is 55.1 Å². The SMILES string of the molecule is C=C(C)c1ccc(-n2c3ccccc3c3c(-c4cnc5ccccc5c4)cccc32)cc1NCCCC.CO. The lowest BCUT2D eigenvalue weighted by molar-refractivity contribution is 0.399. The highest BCUT2D eigenvalue weighted by Gasteiger charge is 2.17. The molecule has 0 saturated carbocycles. The van der Waals surface area contributed by atoms with E-state index in [9.17, 15) is 0 Å². The molecule has 6 rings (SSSR count). The van der Waals surface area contributed by atoms with E-state index in [1.54, 1.807) is 0 Å². The molecule has 0 unspecified atom stereocenters. The van der Waals surface area contributed by atoms with Gasteiger partial charge in [-0.15, -0.1) is 0 Å². The zero-order chi connectivity index (χ0) is 27.4. The molecule has 2 aromatic heterocycles. The fraction of sp³-hybridized carbons (Fsp3) is 0.171. The summed E-state index contributed by atoms with van der Waals surface area (Å²) in [6, 6.07) is 32.5. The van der Waals surface area contributed by atoms with Crippen LogP contribution >= 0.6 is 0 Å². The monoisotopic (exact) mass is 513 g/mol. The van der Waals surface area contributed by atoms with Gasteiger partial charge in [0.1, 0.15) is 0 Å². The molecule has 0 aliphatic heterocycles. The van der Waals surface area contributed by atoms with Crippen LogP contribution < -0.4 is 5.32 Å². The summed E-state index contributed by atoms with van der Waals surface area (Å²) in [5.41, 5.74) is 10.3. The highest BCUT2D eigenvalue weighted by molar-refractivity contribution is 6.16. The summed E-state index contributed by atoms with van der Waals surface area (Å²) < 4.78 is 2.38. The third-order valence-corrected chi connectivity index (χ3v) is 7.17. The van der Waals surface area contributed by atoms with Gasteiger partial charge in [0.15, 0.2) is 0 Å². The van der Waals surface area contributed by atoms with Crippen molar-refractivity contribution in [2.75, 3.05) is 19.0 Å². The Bertz CT molecular complexity index is 1780. The maximum Gasteiger partial charge on any atom is 0.0702 e. The van der Waals surface area contributed by atoms with Crippen LogP contribution in [0.1, 0.15) is 32.3 Å². The van der Waals surface area contributed by atoms with Crippen LogP contribution in [0, 0.1) is 0 Å². The van der Waals surface area contributed by atoms with Crippen LogP contribution in [0.15, 0.2) is 104 Å². The van der Waals surface area contributed by atoms with Crippen LogP contribution in [0.3, 0.4) is 0 Å². The minimum atomic E-state index is 0.951. The van der Waals surface area contributed by atoms with Crippen molar-refractivity contribution in [3.05, 3.63) is 109 Å². The van der Waals surface area contributed by atoms with Crippen molar-refractivity contribution in [3.8, 4) is 16.8 Å². The third-order valence-electron chi connectivity index (χ3n) is 7.17. The van der Waals surface area contributed by atoms with Crippen molar-refractivity contribution in [2.24, 2.45) is 0 Å². The molecule has 0 saturated heterocycles. The molecule has 2 N–H and O–H groups in total. The molecule has 4 heteroatoms. The van der Waals surface area contributed by atoms with E-state index in [-0.39, 0.29) is 0 Å². The van der Waals surface area contributed by atoms with E-state index in [0.29, 0.717) is 0 Å². The second kappa shape index (κ2) is 11.5. The Morgan fingerprint density at radius 3 is 2.49 bits per heavy atom. The molecular formula is C35H35N3O. The van der Waals surface area contributed by atoms with Crippen LogP contribution in [0.4, 0.5) is 5.69 Å². The van der Waals surface area contributed by atoms with E-state index in [1.807, 2.05) is 12.3 Å². The minimum absolute atomic E-state index is 0.951. The van der Waals surface area contributed by atoms with Gasteiger partial charge in [-0.25, -0.2) is 0 Å². The van der Waals surface area contributed by atoms with Gasteiger partial charge in [-0.05, 0) is 60.9 Å². The van der Waals surface area contributed by atoms with Crippen LogP contribution in [-0.2, 0) is 0 Å². The second-order valence-corrected chi connectivity index (χ2v) is 9.76. The maximum atomic E-state index is 7.00. The number of nitrogens with zero attached hydrogens (tertiary/aromatic N) is 2. The van der Waals surface area contributed by atoms with E-state index in [1.165, 1.54) is 32.9 Å². The molecule has 4 aromatic carbocycles. The summed E-state index contributed by atoms with van der Waals surface area (Å²) in [7, 11) is 1.00. The zero-order valence-corrected chi connectivity index (χ0v) is 22.9. The number of para-hydroxylation sites is 2. The summed E-state index contributed by atoms with van der Waals surface area (Å²) in [6.07, 6.45) is 4.30. The Kier molecular flexibility index (Phi) is 7.76. The number of hydrogen-bond donors (Lipinski definition) is 2. The number of nitrogens with one attached hydrogen (secondary N) is 1. The molecule has 0 atom stereocenters. The normalized spacial score (nSPS) is 11.0. The Morgan fingerprint density at radius 1 is 0.897 bits per heavy atom. The molecule has 2 heterocycles. The fourth-order valence-corrected chi connectivity index (χ4v) is 5.35. The predicted molar refractivity (Wildman–Crippen MR) is 168 cm³/mol. The van der Waals surface area contributed by atoms with Crippen molar-refractivity contribution >= 4 is 44.0 Å². The van der Waals surface area contributed by atoms with Gasteiger partial charge in [-0.3, -0.25) is 4.98 Å². The first-order valence-electron chi connectivity index (χ1n) is 13.5. The Hall–Kier alpha value is -4.41. The average molecular weight is 514 g/mol. The second-order valence-electron chi connectivity index (χ2n) is 9.76. The van der Waals surface area contributed by atoms with Crippen LogP contribution in [0.2, 0.25) is 0 Å². The zero-order valence-electron chi connectivity index (χ0n) is 22.9. The molecule has 0 amide bonds. The first-order valence-corrected chi connectivity index (χ1v) is 13.5. The lowest BCUT2D eigenvalue weighted by Crippen LogP contribution is -2.05. The molecule has 196 valence electrons. The maximum absolute atomic E-state index is 7.00. The number of aromatic nitrogens is 2. The number of benzene rings is 4. The van der Waals surface area contributed by atoms with Gasteiger partial charge in [0.05, 0.1) is 16.6 Å². The highest BCUT2D eigenvalue weighted by Crippen LogP contribution is 2.39. The number of unbranched alkanes of at least 4 members (excludes halogenated alkanes) is 1. The minimum Gasteiger partial charge on any atom is -0.400 e. The Labute approximate surface area is 230 Å². The van der Waals surface area contributed by atoms with Gasteiger partial charge in [-0.1, -0.05) is 74.5 Å². The first kappa shape index (κ1) is 26.2. The van der Waals surface area contributed by atoms with E-state index in [4.69, 9.17) is 10.1 Å². The number of anilines is 1. The van der Waals surface area contributed by atoms with Crippen LogP contribution in [0.5, 0.6) is 0 Å². The standard InChI is InChI=1S/C34H31N3.CH4O/c1-4-5-19-35-31-21-26(17-18-27(31)23(2)3)37-32-15-9-7-12-29(32)34-28(13-10-16-33(34)37)25-20-24-11-6-8-14-30(24)36-22-25;1-2/h6-18,20-22,35H,2,4-5,19H2,1,3H3;2H,1H3. The smallest absolute Gasteiger partial charge is 0.0702 e. The highest BCUT2D eigenvalue weighted by atomic mass is 16.2. The molecule has 0 spiro atoms. The lowest BCUT2D eigenvalue weighted by atomic mass is 9.99. The number of pyridine rings is 1. The Morgan fingerprint density at radius 2 is 1.67 bits per heavy atom. The summed E-state index contributed by atoms with van der Waals surface area (Å²) in [4.78, 5) is 4.76. The fourth-order valence-electron chi connectivity index (χ4n) is 5.35. The molecule has 0 bridgehead atoms. The number of fused-ring (bicyclic) bond motifs is 4. The van der Waals surface area contributed by atoms with Gasteiger partial charge in [-0.2, -0.15) is 0 Å². The predicted octanol–water partition coefficient (Wildman–Crippen LogP) is 8.85. The van der Waals surface area contributed by atoms with E-state index in [0.717, 1.165) is 59.9 Å². The van der Waals surface area contributed by atoms with Crippen molar-refractivity contribution in [2.45, 2.75) is 26.7 Å². The molecule has 0 fully saturated rings. The van der Waals surface area contributed by atoms with Gasteiger partial charge in [0, 0.05) is 58.5 Å². The number of hydrogen-bond acceptors (Lipinski definition) is 3. The third kappa shape index (κ3) is 4.91. The molecule has 39 heavy (non-hydrogen) atoms. The number of aliphatic hydroxyl groups is 1. The number of rotatable bonds is 7. The van der Waals surface area contributed by atoms with Gasteiger partial charge >= 0.3 is 0 Å². The number of aliphatic hydroxyl groups excluding tert-OH is 1. The van der Waals surface area contributed by atoms with Crippen molar-refractivity contribution in [1.29, 1.82) is 0 Å². The average Bonchev–Trinajstić information content (AvgIpc) is 3.32. The molecule has 4 nitrogen and oxygen atoms in total. The molecule has 0 aliphatic carbocycles.